The Bertz CT molecular complexity index is 657. The van der Waals surface area contributed by atoms with Crippen LogP contribution >= 0.6 is 0 Å². The van der Waals surface area contributed by atoms with Gasteiger partial charge in [-0.1, -0.05) is 20.3 Å². The van der Waals surface area contributed by atoms with Crippen molar-refractivity contribution in [1.29, 1.82) is 0 Å². The molecule has 27 heavy (non-hydrogen) atoms. The van der Waals surface area contributed by atoms with Gasteiger partial charge in [0.05, 0.1) is 6.10 Å². The smallest absolute Gasteiger partial charge is 0.139 e. The number of carbonyl (C=O) groups is 1. The van der Waals surface area contributed by atoms with Gasteiger partial charge in [-0.05, 0) is 88.6 Å². The van der Waals surface area contributed by atoms with Crippen molar-refractivity contribution >= 4 is 5.78 Å². The van der Waals surface area contributed by atoms with Gasteiger partial charge < -0.3 is 9.64 Å². The van der Waals surface area contributed by atoms with Crippen LogP contribution in [0.15, 0.2) is 0 Å². The second kappa shape index (κ2) is 5.59. The number of ketones is 1. The normalized spacial score (nSPS) is 57.4. The summed E-state index contributed by atoms with van der Waals surface area (Å²) in [7, 11) is 0. The van der Waals surface area contributed by atoms with Gasteiger partial charge in [-0.3, -0.25) is 4.79 Å². The first kappa shape index (κ1) is 17.4. The van der Waals surface area contributed by atoms with Crippen molar-refractivity contribution in [3.8, 4) is 0 Å². The van der Waals surface area contributed by atoms with Gasteiger partial charge >= 0.3 is 0 Å². The average Bonchev–Trinajstić information content (AvgIpc) is 3.30. The van der Waals surface area contributed by atoms with E-state index < -0.39 is 0 Å². The molecule has 1 unspecified atom stereocenters. The molecule has 2 heterocycles. The largest absolute Gasteiger partial charge is 0.365 e. The molecule has 4 saturated carbocycles. The molecule has 0 amide bonds. The van der Waals surface area contributed by atoms with Gasteiger partial charge in [-0.25, -0.2) is 0 Å². The lowest BCUT2D eigenvalue weighted by atomic mass is 9.45. The molecule has 1 spiro atoms. The van der Waals surface area contributed by atoms with E-state index in [0.29, 0.717) is 23.2 Å². The number of Topliss-reactive ketones (excluding diaryl/α,β-unsaturated/α-hetero) is 1. The topological polar surface area (TPSA) is 32.8 Å². The van der Waals surface area contributed by atoms with Crippen LogP contribution in [-0.4, -0.2) is 41.5 Å². The lowest BCUT2D eigenvalue weighted by molar-refractivity contribution is -0.137. The summed E-state index contributed by atoms with van der Waals surface area (Å²) in [5, 5.41) is 0. The zero-order valence-corrected chi connectivity index (χ0v) is 17.3. The van der Waals surface area contributed by atoms with Crippen LogP contribution in [-0.2, 0) is 9.53 Å². The molecule has 8 atom stereocenters. The van der Waals surface area contributed by atoms with Gasteiger partial charge in [0.2, 0.25) is 0 Å². The molecule has 2 aliphatic heterocycles. The Morgan fingerprint density at radius 2 is 1.81 bits per heavy atom. The summed E-state index contributed by atoms with van der Waals surface area (Å²) >= 11 is 0. The Labute approximate surface area is 164 Å². The predicted octanol–water partition coefficient (Wildman–Crippen LogP) is 4.58. The Morgan fingerprint density at radius 1 is 1.00 bits per heavy atom. The van der Waals surface area contributed by atoms with Crippen molar-refractivity contribution in [3.05, 3.63) is 0 Å². The third-order valence-electron chi connectivity index (χ3n) is 10.7. The number of nitrogens with zero attached hydrogens (tertiary/aromatic N) is 1. The highest BCUT2D eigenvalue weighted by molar-refractivity contribution is 5.87. The molecular formula is C24H37NO2. The first-order valence-electron chi connectivity index (χ1n) is 11.9. The van der Waals surface area contributed by atoms with Crippen LogP contribution in [0.4, 0.5) is 0 Å². The zero-order valence-electron chi connectivity index (χ0n) is 17.3. The average molecular weight is 372 g/mol. The maximum absolute atomic E-state index is 12.6. The fourth-order valence-electron chi connectivity index (χ4n) is 9.02. The molecule has 0 aromatic carbocycles. The second-order valence-electron chi connectivity index (χ2n) is 11.4. The highest BCUT2D eigenvalue weighted by Crippen LogP contribution is 2.73. The van der Waals surface area contributed by atoms with Gasteiger partial charge in [-0.15, -0.1) is 0 Å². The van der Waals surface area contributed by atoms with Gasteiger partial charge in [0, 0.05) is 23.3 Å². The van der Waals surface area contributed by atoms with Crippen LogP contribution in [0.1, 0.15) is 84.5 Å². The number of piperidine rings is 1. The molecule has 4 aliphatic carbocycles. The van der Waals surface area contributed by atoms with Crippen molar-refractivity contribution in [2.75, 3.05) is 13.1 Å². The van der Waals surface area contributed by atoms with Crippen molar-refractivity contribution < 1.29 is 9.53 Å². The second-order valence-corrected chi connectivity index (χ2v) is 11.4. The number of carbonyl (C=O) groups excluding carboxylic acids is 1. The maximum Gasteiger partial charge on any atom is 0.139 e. The summed E-state index contributed by atoms with van der Waals surface area (Å²) in [4.78, 5) is 15.4. The molecule has 3 nitrogen and oxygen atoms in total. The molecule has 0 bridgehead atoms. The van der Waals surface area contributed by atoms with E-state index in [9.17, 15) is 4.79 Å². The summed E-state index contributed by atoms with van der Waals surface area (Å²) < 4.78 is 6.68. The molecule has 0 aromatic rings. The van der Waals surface area contributed by atoms with Crippen LogP contribution in [0.25, 0.3) is 0 Å². The Balaban J connectivity index is 1.27. The number of rotatable bonds is 1. The van der Waals surface area contributed by atoms with E-state index >= 15 is 0 Å². The van der Waals surface area contributed by atoms with E-state index in [1.807, 2.05) is 0 Å². The molecule has 6 rings (SSSR count). The molecule has 3 heteroatoms. The number of ether oxygens (including phenoxy) is 1. The molecule has 0 aromatic heterocycles. The van der Waals surface area contributed by atoms with Gasteiger partial charge in [0.15, 0.2) is 0 Å². The SMILES string of the molecule is C[C@]12CC[C@H]3[C@@H](C[C@@H]4O[C@@]45CC(N4CCCCC4)CC[C@]35C)[C@@H]1CCC2=O. The van der Waals surface area contributed by atoms with E-state index in [-0.39, 0.29) is 11.0 Å². The van der Waals surface area contributed by atoms with Crippen molar-refractivity contribution in [3.63, 3.8) is 0 Å². The third-order valence-corrected chi connectivity index (χ3v) is 10.7. The van der Waals surface area contributed by atoms with E-state index in [1.165, 1.54) is 64.5 Å². The molecule has 2 saturated heterocycles. The van der Waals surface area contributed by atoms with E-state index in [2.05, 4.69) is 18.7 Å². The summed E-state index contributed by atoms with van der Waals surface area (Å²) in [5.74, 6) is 2.75. The van der Waals surface area contributed by atoms with Crippen LogP contribution in [0, 0.1) is 28.6 Å². The number of likely N-dealkylation sites (tertiary alicyclic amines) is 1. The molecule has 0 radical (unpaired) electrons. The van der Waals surface area contributed by atoms with Crippen molar-refractivity contribution in [1.82, 2.24) is 4.90 Å². The summed E-state index contributed by atoms with van der Waals surface area (Å²) in [6.45, 7) is 7.53. The standard InChI is InChI=1S/C24H37NO2/c1-22-10-9-19-17(18(22)6-7-20(22)26)14-21-24(27-21)15-16(8-11-23(19,24)2)25-12-4-3-5-13-25/h16-19,21H,3-15H2,1-2H3/t16?,17-,18-,19-,21-,22-,23+,24-/m0/s1. The van der Waals surface area contributed by atoms with Crippen molar-refractivity contribution in [2.45, 2.75) is 102 Å². The lowest BCUT2D eigenvalue weighted by Crippen LogP contribution is -2.60. The minimum Gasteiger partial charge on any atom is -0.365 e. The highest BCUT2D eigenvalue weighted by atomic mass is 16.6. The van der Waals surface area contributed by atoms with Gasteiger partial charge in [0.1, 0.15) is 11.4 Å². The number of hydrogen-bond acceptors (Lipinski definition) is 3. The van der Waals surface area contributed by atoms with Gasteiger partial charge in [-0.2, -0.15) is 0 Å². The monoisotopic (exact) mass is 371 g/mol. The number of epoxide rings is 1. The predicted molar refractivity (Wildman–Crippen MR) is 105 cm³/mol. The molecule has 6 fully saturated rings. The van der Waals surface area contributed by atoms with Crippen LogP contribution in [0.3, 0.4) is 0 Å². The molecular weight excluding hydrogens is 334 g/mol. The van der Waals surface area contributed by atoms with E-state index in [0.717, 1.165) is 37.1 Å². The minimum atomic E-state index is -0.00256. The highest BCUT2D eigenvalue weighted by Gasteiger charge is 2.76. The molecule has 6 aliphatic rings. The van der Waals surface area contributed by atoms with E-state index in [4.69, 9.17) is 4.74 Å². The minimum absolute atomic E-state index is 0.00256. The number of fused-ring (bicyclic) bond motifs is 4. The summed E-state index contributed by atoms with van der Waals surface area (Å²) in [5.41, 5.74) is 0.544. The van der Waals surface area contributed by atoms with Gasteiger partial charge in [0.25, 0.3) is 0 Å². The fourth-order valence-corrected chi connectivity index (χ4v) is 9.02. The number of hydrogen-bond donors (Lipinski definition) is 0. The van der Waals surface area contributed by atoms with E-state index in [1.54, 1.807) is 0 Å². The van der Waals surface area contributed by atoms with Crippen molar-refractivity contribution in [2.24, 2.45) is 28.6 Å². The van der Waals surface area contributed by atoms with Crippen LogP contribution in [0.2, 0.25) is 0 Å². The Morgan fingerprint density at radius 3 is 2.63 bits per heavy atom. The molecule has 150 valence electrons. The third kappa shape index (κ3) is 2.14. The Kier molecular flexibility index (Phi) is 3.62. The summed E-state index contributed by atoms with van der Waals surface area (Å²) in [6.07, 6.45) is 14.4. The maximum atomic E-state index is 12.6. The first-order chi connectivity index (χ1) is 13.0. The Hall–Kier alpha value is -0.410. The summed E-state index contributed by atoms with van der Waals surface area (Å²) in [6, 6.07) is 0.766. The first-order valence-corrected chi connectivity index (χ1v) is 11.9. The molecule has 0 N–H and O–H groups in total. The zero-order chi connectivity index (χ0) is 18.4. The van der Waals surface area contributed by atoms with Crippen LogP contribution in [0.5, 0.6) is 0 Å². The van der Waals surface area contributed by atoms with Crippen LogP contribution < -0.4 is 0 Å². The quantitative estimate of drug-likeness (QED) is 0.632. The lowest BCUT2D eigenvalue weighted by Gasteiger charge is -2.59. The fraction of sp³-hybridized carbons (Fsp3) is 0.958.